The van der Waals surface area contributed by atoms with Crippen molar-refractivity contribution in [3.8, 4) is 39.5 Å². The fraction of sp³-hybridized carbons (Fsp3) is 0.0816. The number of aromatic nitrogens is 6. The Kier molecular flexibility index (Phi) is 9.46. The number of para-hydroxylation sites is 2. The molecule has 0 bridgehead atoms. The zero-order valence-corrected chi connectivity index (χ0v) is 34.5. The molecule has 7 nitrogen and oxygen atoms in total. The van der Waals surface area contributed by atoms with Crippen LogP contribution in [0.5, 0.6) is 5.75 Å². The van der Waals surface area contributed by atoms with E-state index in [1.165, 1.54) is 5.56 Å². The summed E-state index contributed by atoms with van der Waals surface area (Å²) in [7, 11) is 0. The Hall–Kier alpha value is -6.50. The van der Waals surface area contributed by atoms with Gasteiger partial charge in [0.05, 0.1) is 27.8 Å². The van der Waals surface area contributed by atoms with Gasteiger partial charge in [-0.05, 0) is 75.2 Å². The summed E-state index contributed by atoms with van der Waals surface area (Å²) in [5, 5.41) is 11.7. The molecule has 282 valence electrons. The standard InChI is InChI=1S/C49H38BN6O.Pt/c1-49(2,3)36-26-27-42-43(32-36)55(44-31-35(25-28-45(44)57)39-20-11-10-19-38(39)34-15-6-4-7-16-34)33-56(42)50(37-17-8-5-9-18-37)46-23-14-24-47(52-46)54-30-29-53-41-22-13-12-21-40(41)51-48(53)54;/h4-29,31-32,57H,1-3H3;/q-1;+2. The molecule has 0 saturated carbocycles. The van der Waals surface area contributed by atoms with Gasteiger partial charge >= 0.3 is 27.9 Å². The molecule has 4 aromatic heterocycles. The van der Waals surface area contributed by atoms with E-state index in [1.807, 2.05) is 68.3 Å². The van der Waals surface area contributed by atoms with Gasteiger partial charge in [0, 0.05) is 11.3 Å². The number of rotatable bonds is 7. The van der Waals surface area contributed by atoms with Crippen molar-refractivity contribution in [1.82, 2.24) is 23.5 Å². The number of aromatic hydroxyl groups is 1. The van der Waals surface area contributed by atoms with E-state index in [0.717, 1.165) is 61.2 Å². The molecule has 1 N–H and O–H groups in total. The number of hydrogen-bond acceptors (Lipinski definition) is 3. The SMILES string of the molecule is CC(C)(C)c1ccc2c(c1)n(-c1cc(-c3ccccc3-c3ccccc3)ccc1O)[c-][n+]2B(c1ccccc1)c1cccc(-n2[c-]cn3c4ccccc4nc23)n1.[Pt+2]. The van der Waals surface area contributed by atoms with Gasteiger partial charge in [-0.3, -0.25) is 4.98 Å². The summed E-state index contributed by atoms with van der Waals surface area (Å²) in [6.07, 6.45) is 9.03. The summed E-state index contributed by atoms with van der Waals surface area (Å²) in [5.41, 5.74) is 11.7. The van der Waals surface area contributed by atoms with E-state index in [4.69, 9.17) is 9.97 Å². The van der Waals surface area contributed by atoms with Crippen LogP contribution < -0.4 is 15.5 Å². The first-order valence-electron chi connectivity index (χ1n) is 19.2. The maximum atomic E-state index is 11.7. The molecule has 0 spiro atoms. The molecular formula is C49H38BN6OPt+. The molecule has 0 radical (unpaired) electrons. The second-order valence-electron chi connectivity index (χ2n) is 15.5. The number of nitrogens with zero attached hydrogens (tertiary/aromatic N) is 6. The number of phenols is 1. The third kappa shape index (κ3) is 6.44. The quantitative estimate of drug-likeness (QED) is 0.129. The van der Waals surface area contributed by atoms with Gasteiger partial charge in [0.2, 0.25) is 6.33 Å². The zero-order valence-electron chi connectivity index (χ0n) is 32.2. The first kappa shape index (κ1) is 37.1. The first-order valence-corrected chi connectivity index (χ1v) is 19.2. The summed E-state index contributed by atoms with van der Waals surface area (Å²) >= 11 is 0. The van der Waals surface area contributed by atoms with Crippen molar-refractivity contribution in [3.05, 3.63) is 188 Å². The molecule has 0 unspecified atom stereocenters. The first-order chi connectivity index (χ1) is 27.8. The van der Waals surface area contributed by atoms with Gasteiger partial charge in [-0.25, -0.2) is 0 Å². The molecule has 0 saturated heterocycles. The van der Waals surface area contributed by atoms with Crippen LogP contribution in [-0.2, 0) is 26.5 Å². The summed E-state index contributed by atoms with van der Waals surface area (Å²) in [5.74, 6) is 1.61. The molecule has 0 fully saturated rings. The molecule has 4 heterocycles. The molecule has 0 aliphatic carbocycles. The average Bonchev–Trinajstić information content (AvgIpc) is 3.94. The van der Waals surface area contributed by atoms with Gasteiger partial charge in [-0.2, -0.15) is 0 Å². The molecule has 10 aromatic rings. The van der Waals surface area contributed by atoms with Crippen LogP contribution in [0.15, 0.2) is 170 Å². The second-order valence-corrected chi connectivity index (χ2v) is 15.5. The Bertz CT molecular complexity index is 3090. The van der Waals surface area contributed by atoms with Crippen molar-refractivity contribution >= 4 is 45.7 Å². The molecule has 0 atom stereocenters. The van der Waals surface area contributed by atoms with Gasteiger partial charge in [0.25, 0.3) is 0 Å². The van der Waals surface area contributed by atoms with Crippen molar-refractivity contribution in [1.29, 1.82) is 0 Å². The van der Waals surface area contributed by atoms with Crippen molar-refractivity contribution in [2.45, 2.75) is 26.2 Å². The number of benzene rings is 6. The fourth-order valence-corrected chi connectivity index (χ4v) is 7.91. The summed E-state index contributed by atoms with van der Waals surface area (Å²) in [4.78, 5) is 10.2. The van der Waals surface area contributed by atoms with Crippen LogP contribution in [0.25, 0.3) is 61.6 Å². The van der Waals surface area contributed by atoms with Crippen molar-refractivity contribution < 1.29 is 30.6 Å². The van der Waals surface area contributed by atoms with E-state index < -0.39 is 0 Å². The zero-order chi connectivity index (χ0) is 38.7. The summed E-state index contributed by atoms with van der Waals surface area (Å²) in [6, 6.07) is 55.9. The molecular weight excluding hydrogens is 894 g/mol. The van der Waals surface area contributed by atoms with Gasteiger partial charge < -0.3 is 28.1 Å². The van der Waals surface area contributed by atoms with Gasteiger partial charge in [0.15, 0.2) is 0 Å². The third-order valence-corrected chi connectivity index (χ3v) is 10.8. The summed E-state index contributed by atoms with van der Waals surface area (Å²) in [6.45, 7) is 6.29. The van der Waals surface area contributed by atoms with E-state index in [0.29, 0.717) is 11.5 Å². The van der Waals surface area contributed by atoms with Crippen molar-refractivity contribution in [2.24, 2.45) is 0 Å². The van der Waals surface area contributed by atoms with Gasteiger partial charge in [0.1, 0.15) is 11.5 Å². The van der Waals surface area contributed by atoms with Gasteiger partial charge in [-0.15, -0.1) is 0 Å². The smallest absolute Gasteiger partial charge is 0.513 e. The number of pyridine rings is 1. The second kappa shape index (κ2) is 14.8. The number of hydrogen-bond donors (Lipinski definition) is 1. The molecule has 58 heavy (non-hydrogen) atoms. The maximum absolute atomic E-state index is 11.7. The van der Waals surface area contributed by atoms with E-state index in [-0.39, 0.29) is 39.1 Å². The monoisotopic (exact) mass is 932 g/mol. The molecule has 0 aliphatic rings. The Labute approximate surface area is 351 Å². The van der Waals surface area contributed by atoms with E-state index in [1.54, 1.807) is 6.07 Å². The largest absolute Gasteiger partial charge is 2.00 e. The van der Waals surface area contributed by atoms with Gasteiger partial charge in [-0.1, -0.05) is 160 Å². The van der Waals surface area contributed by atoms with Crippen LogP contribution in [0, 0.1) is 12.5 Å². The van der Waals surface area contributed by atoms with Crippen molar-refractivity contribution in [3.63, 3.8) is 0 Å². The van der Waals surface area contributed by atoms with Crippen LogP contribution in [0.2, 0.25) is 0 Å². The molecule has 10 rings (SSSR count). The number of fused-ring (bicyclic) bond motifs is 4. The Morgan fingerprint density at radius 3 is 2.12 bits per heavy atom. The molecule has 0 aliphatic heterocycles. The maximum Gasteiger partial charge on any atom is 2.00 e. The number of imidazole rings is 3. The van der Waals surface area contributed by atoms with Crippen LogP contribution in [0.3, 0.4) is 0 Å². The average molecular weight is 933 g/mol. The minimum absolute atomic E-state index is 0. The predicted octanol–water partition coefficient (Wildman–Crippen LogP) is 8.49. The molecule has 6 aromatic carbocycles. The van der Waals surface area contributed by atoms with Crippen LogP contribution in [-0.4, -0.2) is 35.5 Å². The van der Waals surface area contributed by atoms with Crippen LogP contribution in [0.4, 0.5) is 0 Å². The summed E-state index contributed by atoms with van der Waals surface area (Å²) < 4.78 is 8.12. The molecule has 0 amide bonds. The third-order valence-electron chi connectivity index (χ3n) is 10.8. The topological polar surface area (TPSA) is 64.2 Å². The van der Waals surface area contributed by atoms with Crippen LogP contribution >= 0.6 is 0 Å². The van der Waals surface area contributed by atoms with E-state index >= 15 is 0 Å². The Morgan fingerprint density at radius 1 is 0.638 bits per heavy atom. The minimum Gasteiger partial charge on any atom is -0.513 e. The predicted molar refractivity (Wildman–Crippen MR) is 229 cm³/mol. The Balaban J connectivity index is 0.00000436. The number of phenolic OH excluding ortho intramolecular Hbond substituents is 1. The van der Waals surface area contributed by atoms with Crippen molar-refractivity contribution in [2.75, 3.05) is 0 Å². The molecule has 9 heteroatoms. The fourth-order valence-electron chi connectivity index (χ4n) is 7.91. The minimum atomic E-state index is -0.370. The van der Waals surface area contributed by atoms with E-state index in [9.17, 15) is 5.11 Å². The Morgan fingerprint density at radius 2 is 1.34 bits per heavy atom. The normalized spacial score (nSPS) is 11.6. The van der Waals surface area contributed by atoms with E-state index in [2.05, 4.69) is 147 Å². The van der Waals surface area contributed by atoms with Crippen LogP contribution in [0.1, 0.15) is 26.3 Å².